The lowest BCUT2D eigenvalue weighted by atomic mass is 10.1. The summed E-state index contributed by atoms with van der Waals surface area (Å²) in [7, 11) is 0. The first-order chi connectivity index (χ1) is 15.1. The van der Waals surface area contributed by atoms with Crippen LogP contribution in [0.3, 0.4) is 0 Å². The van der Waals surface area contributed by atoms with Gasteiger partial charge in [0.15, 0.2) is 16.3 Å². The predicted octanol–water partition coefficient (Wildman–Crippen LogP) is 3.10. The second kappa shape index (κ2) is 7.77. The van der Waals surface area contributed by atoms with Crippen LogP contribution in [0.25, 0.3) is 11.0 Å². The number of thiazole rings is 1. The fraction of sp³-hybridized carbons (Fsp3) is 0.136. The molecule has 0 radical (unpaired) electrons. The summed E-state index contributed by atoms with van der Waals surface area (Å²) in [6.07, 6.45) is 2.10. The van der Waals surface area contributed by atoms with Gasteiger partial charge >= 0.3 is 0 Å². The molecule has 0 unspecified atom stereocenters. The Labute approximate surface area is 180 Å². The van der Waals surface area contributed by atoms with Gasteiger partial charge in [0.05, 0.1) is 17.6 Å². The summed E-state index contributed by atoms with van der Waals surface area (Å²) in [5.74, 6) is -0.668. The van der Waals surface area contributed by atoms with E-state index < -0.39 is 0 Å². The number of para-hydroxylation sites is 1. The minimum absolute atomic E-state index is 0.0142. The van der Waals surface area contributed by atoms with Gasteiger partial charge in [-0.1, -0.05) is 29.5 Å². The smallest absolute Gasteiger partial charge is 0.290 e. The first-order valence-electron chi connectivity index (χ1n) is 9.61. The second-order valence-electron chi connectivity index (χ2n) is 7.01. The molecule has 31 heavy (non-hydrogen) atoms. The van der Waals surface area contributed by atoms with E-state index in [1.165, 1.54) is 17.4 Å². The summed E-state index contributed by atoms with van der Waals surface area (Å²) in [4.78, 5) is 48.6. The van der Waals surface area contributed by atoms with E-state index in [2.05, 4.69) is 15.3 Å². The molecule has 0 bridgehead atoms. The van der Waals surface area contributed by atoms with Gasteiger partial charge < -0.3 is 9.32 Å². The van der Waals surface area contributed by atoms with Crippen molar-refractivity contribution in [3.05, 3.63) is 87.0 Å². The highest BCUT2D eigenvalue weighted by Gasteiger charge is 2.27. The zero-order valence-corrected chi connectivity index (χ0v) is 17.0. The quantitative estimate of drug-likeness (QED) is 0.533. The molecule has 8 nitrogen and oxygen atoms in total. The number of nitrogens with one attached hydrogen (secondary N) is 1. The topological polar surface area (TPSA) is 105 Å². The Kier molecular flexibility index (Phi) is 4.79. The highest BCUT2D eigenvalue weighted by atomic mass is 32.1. The number of carbonyl (C=O) groups excluding carboxylic acids is 2. The molecule has 1 N–H and O–H groups in total. The molecule has 2 amide bonds. The molecular weight excluding hydrogens is 416 g/mol. The molecule has 9 heteroatoms. The number of benzene rings is 1. The molecule has 4 heterocycles. The molecule has 0 atom stereocenters. The summed E-state index contributed by atoms with van der Waals surface area (Å²) in [6, 6.07) is 13.2. The van der Waals surface area contributed by atoms with Crippen LogP contribution in [-0.4, -0.2) is 33.2 Å². The van der Waals surface area contributed by atoms with Crippen molar-refractivity contribution in [3.63, 3.8) is 0 Å². The van der Waals surface area contributed by atoms with E-state index in [-0.39, 0.29) is 23.0 Å². The van der Waals surface area contributed by atoms with Gasteiger partial charge in [-0.15, -0.1) is 0 Å². The number of anilines is 1. The molecule has 4 aromatic rings. The van der Waals surface area contributed by atoms with Crippen LogP contribution in [0.5, 0.6) is 0 Å². The van der Waals surface area contributed by atoms with Gasteiger partial charge in [-0.05, 0) is 24.3 Å². The fourth-order valence-electron chi connectivity index (χ4n) is 3.45. The molecular formula is C22H16N4O4S. The normalized spacial score (nSPS) is 13.1. The minimum Gasteiger partial charge on any atom is -0.451 e. The molecule has 154 valence electrons. The van der Waals surface area contributed by atoms with Crippen molar-refractivity contribution in [1.82, 2.24) is 14.9 Å². The van der Waals surface area contributed by atoms with Gasteiger partial charge in [-0.3, -0.25) is 24.7 Å². The second-order valence-corrected chi connectivity index (χ2v) is 8.09. The molecule has 1 aliphatic rings. The minimum atomic E-state index is -0.346. The Bertz CT molecular complexity index is 1360. The Hall–Kier alpha value is -3.85. The van der Waals surface area contributed by atoms with E-state index in [4.69, 9.17) is 4.42 Å². The summed E-state index contributed by atoms with van der Waals surface area (Å²) in [5.41, 5.74) is 1.29. The van der Waals surface area contributed by atoms with Crippen LogP contribution in [0.15, 0.2) is 63.9 Å². The number of pyridine rings is 1. The van der Waals surface area contributed by atoms with E-state index >= 15 is 0 Å². The van der Waals surface area contributed by atoms with Crippen molar-refractivity contribution in [1.29, 1.82) is 0 Å². The summed E-state index contributed by atoms with van der Waals surface area (Å²) >= 11 is 1.32. The molecule has 0 saturated carbocycles. The number of carbonyl (C=O) groups is 2. The number of fused-ring (bicyclic) bond motifs is 2. The number of hydrogen-bond acceptors (Lipinski definition) is 7. The van der Waals surface area contributed by atoms with Crippen molar-refractivity contribution in [2.24, 2.45) is 0 Å². The first kappa shape index (κ1) is 19.1. The summed E-state index contributed by atoms with van der Waals surface area (Å²) in [5, 5.41) is 3.67. The zero-order chi connectivity index (χ0) is 21.4. The molecule has 1 aliphatic heterocycles. The van der Waals surface area contributed by atoms with E-state index in [9.17, 15) is 14.4 Å². The van der Waals surface area contributed by atoms with Gasteiger partial charge in [0, 0.05) is 30.1 Å². The van der Waals surface area contributed by atoms with E-state index in [1.54, 1.807) is 53.6 Å². The maximum absolute atomic E-state index is 13.0. The van der Waals surface area contributed by atoms with E-state index in [0.29, 0.717) is 41.3 Å². The van der Waals surface area contributed by atoms with Crippen LogP contribution >= 0.6 is 11.3 Å². The molecule has 0 saturated heterocycles. The molecule has 0 fully saturated rings. The molecule has 1 aromatic carbocycles. The average molecular weight is 432 g/mol. The van der Waals surface area contributed by atoms with Crippen molar-refractivity contribution < 1.29 is 14.0 Å². The van der Waals surface area contributed by atoms with Crippen LogP contribution in [0.1, 0.15) is 31.6 Å². The summed E-state index contributed by atoms with van der Waals surface area (Å²) in [6.45, 7) is 0.779. The van der Waals surface area contributed by atoms with Crippen molar-refractivity contribution in [2.45, 2.75) is 13.0 Å². The third-order valence-corrected chi connectivity index (χ3v) is 5.98. The molecule has 3 aromatic heterocycles. The lowest BCUT2D eigenvalue weighted by Gasteiger charge is -2.25. The van der Waals surface area contributed by atoms with E-state index in [0.717, 1.165) is 10.6 Å². The zero-order valence-electron chi connectivity index (χ0n) is 16.2. The molecule has 5 rings (SSSR count). The van der Waals surface area contributed by atoms with Gasteiger partial charge in [-0.25, -0.2) is 4.98 Å². The Morgan fingerprint density at radius 2 is 1.97 bits per heavy atom. The van der Waals surface area contributed by atoms with Crippen LogP contribution in [0.2, 0.25) is 0 Å². The number of nitrogens with zero attached hydrogens (tertiary/aromatic N) is 3. The van der Waals surface area contributed by atoms with Crippen molar-refractivity contribution >= 4 is 39.3 Å². The van der Waals surface area contributed by atoms with Crippen molar-refractivity contribution in [3.8, 4) is 0 Å². The van der Waals surface area contributed by atoms with Crippen LogP contribution in [0, 0.1) is 0 Å². The van der Waals surface area contributed by atoms with Crippen LogP contribution in [0.4, 0.5) is 5.13 Å². The Morgan fingerprint density at radius 1 is 1.13 bits per heavy atom. The largest absolute Gasteiger partial charge is 0.451 e. The average Bonchev–Trinajstić information content (AvgIpc) is 3.20. The predicted molar refractivity (Wildman–Crippen MR) is 115 cm³/mol. The first-order valence-corrected chi connectivity index (χ1v) is 10.4. The SMILES string of the molecule is O=C(Nc1nc2c(s1)CN(C(=O)c1cc(=O)c3ccccc3o1)CC2)c1ccccn1. The maximum atomic E-state index is 13.0. The number of aromatic nitrogens is 2. The highest BCUT2D eigenvalue weighted by molar-refractivity contribution is 7.15. The van der Waals surface area contributed by atoms with Crippen LogP contribution < -0.4 is 10.7 Å². The maximum Gasteiger partial charge on any atom is 0.290 e. The third kappa shape index (κ3) is 3.71. The number of hydrogen-bond donors (Lipinski definition) is 1. The lowest BCUT2D eigenvalue weighted by Crippen LogP contribution is -2.35. The van der Waals surface area contributed by atoms with Crippen molar-refractivity contribution in [2.75, 3.05) is 11.9 Å². The number of rotatable bonds is 3. The van der Waals surface area contributed by atoms with Gasteiger partial charge in [0.2, 0.25) is 0 Å². The molecule has 0 aliphatic carbocycles. The van der Waals surface area contributed by atoms with E-state index in [1.807, 2.05) is 0 Å². The standard InChI is InChI=1S/C22H16N4O4S/c27-16-11-18(30-17-7-2-1-5-13(16)17)21(29)26-10-8-14-19(12-26)31-22(24-14)25-20(28)15-6-3-4-9-23-15/h1-7,9,11H,8,10,12H2,(H,24,25,28). The summed E-state index contributed by atoms with van der Waals surface area (Å²) < 4.78 is 5.69. The highest BCUT2D eigenvalue weighted by Crippen LogP contribution is 2.29. The van der Waals surface area contributed by atoms with Crippen LogP contribution in [-0.2, 0) is 13.0 Å². The van der Waals surface area contributed by atoms with Gasteiger partial charge in [0.25, 0.3) is 11.8 Å². The lowest BCUT2D eigenvalue weighted by molar-refractivity contribution is 0.0704. The monoisotopic (exact) mass is 432 g/mol. The fourth-order valence-corrected chi connectivity index (χ4v) is 4.46. The number of amides is 2. The molecule has 0 spiro atoms. The van der Waals surface area contributed by atoms with Gasteiger partial charge in [-0.2, -0.15) is 0 Å². The van der Waals surface area contributed by atoms with Gasteiger partial charge in [0.1, 0.15) is 11.3 Å². The Morgan fingerprint density at radius 3 is 2.81 bits per heavy atom. The Balaban J connectivity index is 1.34. The third-order valence-electron chi connectivity index (χ3n) is 4.98.